The molecule has 2 rings (SSSR count). The molecule has 4 nitrogen and oxygen atoms in total. The molecule has 1 aromatic heterocycles. The number of oxazole rings is 1. The number of aromatic nitrogens is 1. The van der Waals surface area contributed by atoms with E-state index in [1.165, 1.54) is 0 Å². The zero-order chi connectivity index (χ0) is 10.8. The molecule has 1 aromatic carbocycles. The maximum absolute atomic E-state index is 5.86. The predicted octanol–water partition coefficient (Wildman–Crippen LogP) is 2.27. The Morgan fingerprint density at radius 3 is 3.00 bits per heavy atom. The van der Waals surface area contributed by atoms with Crippen molar-refractivity contribution >= 4 is 34.6 Å². The third-order valence-electron chi connectivity index (χ3n) is 1.91. The van der Waals surface area contributed by atoms with E-state index in [4.69, 9.17) is 15.9 Å². The molecule has 5 heteroatoms. The molecule has 0 saturated heterocycles. The van der Waals surface area contributed by atoms with Crippen molar-refractivity contribution in [2.24, 2.45) is 0 Å². The molecular weight excluding hydrogens is 210 g/mol. The summed E-state index contributed by atoms with van der Waals surface area (Å²) < 4.78 is 5.22. The standard InChI is InChI=1S/C10H11N3OS/c1-2-5-15-9-6(11)3-4-7-8(9)13-10(12)14-7/h2-4H,1,5,11H2,(H2,12,13). The summed E-state index contributed by atoms with van der Waals surface area (Å²) in [6.45, 7) is 3.66. The average molecular weight is 221 g/mol. The number of hydrogen-bond acceptors (Lipinski definition) is 5. The van der Waals surface area contributed by atoms with E-state index in [-0.39, 0.29) is 6.01 Å². The minimum atomic E-state index is 0.163. The predicted molar refractivity (Wildman–Crippen MR) is 63.8 cm³/mol. The Morgan fingerprint density at radius 1 is 1.47 bits per heavy atom. The highest BCUT2D eigenvalue weighted by Crippen LogP contribution is 2.33. The first-order valence-electron chi connectivity index (χ1n) is 4.40. The molecule has 0 aliphatic heterocycles. The Morgan fingerprint density at radius 2 is 2.27 bits per heavy atom. The minimum Gasteiger partial charge on any atom is -0.424 e. The molecule has 2 aromatic rings. The van der Waals surface area contributed by atoms with Crippen LogP contribution in [0.25, 0.3) is 11.1 Å². The van der Waals surface area contributed by atoms with Crippen molar-refractivity contribution in [2.45, 2.75) is 4.90 Å². The Bertz CT molecular complexity index is 507. The van der Waals surface area contributed by atoms with Crippen molar-refractivity contribution in [3.8, 4) is 0 Å². The lowest BCUT2D eigenvalue weighted by molar-refractivity contribution is 0.626. The molecule has 0 saturated carbocycles. The van der Waals surface area contributed by atoms with Gasteiger partial charge < -0.3 is 15.9 Å². The number of thioether (sulfide) groups is 1. The van der Waals surface area contributed by atoms with Gasteiger partial charge in [-0.05, 0) is 12.1 Å². The molecule has 0 aliphatic carbocycles. The number of nitrogens with two attached hydrogens (primary N) is 2. The normalized spacial score (nSPS) is 10.7. The summed E-state index contributed by atoms with van der Waals surface area (Å²) in [5.41, 5.74) is 13.4. The molecule has 0 atom stereocenters. The number of fused-ring (bicyclic) bond motifs is 1. The summed E-state index contributed by atoms with van der Waals surface area (Å²) in [5, 5.41) is 0. The molecule has 1 heterocycles. The van der Waals surface area contributed by atoms with Crippen molar-refractivity contribution in [1.82, 2.24) is 4.98 Å². The molecule has 0 radical (unpaired) electrons. The number of hydrogen-bond donors (Lipinski definition) is 2. The van der Waals surface area contributed by atoms with E-state index in [0.717, 1.165) is 16.2 Å². The van der Waals surface area contributed by atoms with Crippen LogP contribution in [0.2, 0.25) is 0 Å². The lowest BCUT2D eigenvalue weighted by atomic mass is 10.3. The molecule has 15 heavy (non-hydrogen) atoms. The molecule has 0 unspecified atom stereocenters. The summed E-state index contributed by atoms with van der Waals surface area (Å²) in [5.74, 6) is 0.774. The second-order valence-electron chi connectivity index (χ2n) is 2.98. The molecule has 78 valence electrons. The van der Waals surface area contributed by atoms with Crippen molar-refractivity contribution in [3.05, 3.63) is 24.8 Å². The Hall–Kier alpha value is -1.62. The quantitative estimate of drug-likeness (QED) is 0.472. The van der Waals surface area contributed by atoms with Crippen LogP contribution in [0.4, 0.5) is 11.7 Å². The number of rotatable bonds is 3. The SMILES string of the molecule is C=CCSc1c(N)ccc2oc(N)nc12. The average Bonchev–Trinajstić information content (AvgIpc) is 2.57. The minimum absolute atomic E-state index is 0.163. The summed E-state index contributed by atoms with van der Waals surface area (Å²) in [6.07, 6.45) is 1.81. The molecule has 0 aliphatic rings. The summed E-state index contributed by atoms with van der Waals surface area (Å²) >= 11 is 1.57. The third kappa shape index (κ3) is 1.78. The van der Waals surface area contributed by atoms with E-state index >= 15 is 0 Å². The van der Waals surface area contributed by atoms with Crippen LogP contribution in [0, 0.1) is 0 Å². The fourth-order valence-electron chi connectivity index (χ4n) is 1.30. The van der Waals surface area contributed by atoms with Gasteiger partial charge in [0.05, 0.1) is 4.90 Å². The lowest BCUT2D eigenvalue weighted by Crippen LogP contribution is -1.90. The topological polar surface area (TPSA) is 78.1 Å². The van der Waals surface area contributed by atoms with Crippen LogP contribution in [-0.2, 0) is 0 Å². The van der Waals surface area contributed by atoms with Gasteiger partial charge in [0.2, 0.25) is 0 Å². The Kier molecular flexibility index (Phi) is 2.55. The molecule has 0 bridgehead atoms. The zero-order valence-electron chi connectivity index (χ0n) is 8.06. The highest BCUT2D eigenvalue weighted by atomic mass is 32.2. The van der Waals surface area contributed by atoms with E-state index in [9.17, 15) is 0 Å². The molecule has 0 spiro atoms. The van der Waals surface area contributed by atoms with E-state index in [1.807, 2.05) is 6.08 Å². The van der Waals surface area contributed by atoms with Crippen LogP contribution in [0.1, 0.15) is 0 Å². The first-order chi connectivity index (χ1) is 7.22. The largest absolute Gasteiger partial charge is 0.424 e. The van der Waals surface area contributed by atoms with Crippen LogP contribution in [0.5, 0.6) is 0 Å². The second kappa shape index (κ2) is 3.86. The van der Waals surface area contributed by atoms with Crippen molar-refractivity contribution in [3.63, 3.8) is 0 Å². The van der Waals surface area contributed by atoms with Gasteiger partial charge in [-0.25, -0.2) is 0 Å². The smallest absolute Gasteiger partial charge is 0.293 e. The van der Waals surface area contributed by atoms with E-state index in [2.05, 4.69) is 11.6 Å². The molecular formula is C10H11N3OS. The van der Waals surface area contributed by atoms with Gasteiger partial charge in [-0.2, -0.15) is 4.98 Å². The fourth-order valence-corrected chi connectivity index (χ4v) is 2.10. The summed E-state index contributed by atoms with van der Waals surface area (Å²) in [6, 6.07) is 3.72. The van der Waals surface area contributed by atoms with Gasteiger partial charge >= 0.3 is 0 Å². The van der Waals surface area contributed by atoms with Crippen LogP contribution < -0.4 is 11.5 Å². The lowest BCUT2D eigenvalue weighted by Gasteiger charge is -2.02. The maximum Gasteiger partial charge on any atom is 0.293 e. The monoisotopic (exact) mass is 221 g/mol. The number of nitrogen functional groups attached to an aromatic ring is 2. The van der Waals surface area contributed by atoms with Crippen LogP contribution >= 0.6 is 11.8 Å². The van der Waals surface area contributed by atoms with Crippen LogP contribution in [-0.4, -0.2) is 10.7 Å². The maximum atomic E-state index is 5.86. The zero-order valence-corrected chi connectivity index (χ0v) is 8.88. The highest BCUT2D eigenvalue weighted by molar-refractivity contribution is 7.99. The van der Waals surface area contributed by atoms with Gasteiger partial charge in [-0.15, -0.1) is 18.3 Å². The van der Waals surface area contributed by atoms with Crippen LogP contribution in [0.15, 0.2) is 34.1 Å². The first-order valence-corrected chi connectivity index (χ1v) is 5.39. The number of nitrogens with zero attached hydrogens (tertiary/aromatic N) is 1. The summed E-state index contributed by atoms with van der Waals surface area (Å²) in [4.78, 5) is 5.00. The van der Waals surface area contributed by atoms with E-state index < -0.39 is 0 Å². The second-order valence-corrected chi connectivity index (χ2v) is 4.01. The van der Waals surface area contributed by atoms with E-state index in [0.29, 0.717) is 11.3 Å². The van der Waals surface area contributed by atoms with Crippen molar-refractivity contribution < 1.29 is 4.42 Å². The van der Waals surface area contributed by atoms with Crippen molar-refractivity contribution in [2.75, 3.05) is 17.2 Å². The third-order valence-corrected chi connectivity index (χ3v) is 3.03. The molecule has 0 fully saturated rings. The van der Waals surface area contributed by atoms with Gasteiger partial charge in [0.1, 0.15) is 5.52 Å². The molecule has 0 amide bonds. The van der Waals surface area contributed by atoms with E-state index in [1.54, 1.807) is 23.9 Å². The summed E-state index contributed by atoms with van der Waals surface area (Å²) in [7, 11) is 0. The number of anilines is 2. The number of benzene rings is 1. The van der Waals surface area contributed by atoms with Crippen molar-refractivity contribution in [1.29, 1.82) is 0 Å². The van der Waals surface area contributed by atoms with Crippen LogP contribution in [0.3, 0.4) is 0 Å². The Balaban J connectivity index is 2.56. The Labute approximate surface area is 91.3 Å². The first kappa shape index (κ1) is 9.92. The van der Waals surface area contributed by atoms with Gasteiger partial charge in [-0.3, -0.25) is 0 Å². The molecule has 4 N–H and O–H groups in total. The fraction of sp³-hybridized carbons (Fsp3) is 0.100. The van der Waals surface area contributed by atoms with Gasteiger partial charge in [-0.1, -0.05) is 6.08 Å². The van der Waals surface area contributed by atoms with Gasteiger partial charge in [0, 0.05) is 11.4 Å². The highest BCUT2D eigenvalue weighted by Gasteiger charge is 2.11. The van der Waals surface area contributed by atoms with Gasteiger partial charge in [0.25, 0.3) is 6.01 Å². The van der Waals surface area contributed by atoms with Gasteiger partial charge in [0.15, 0.2) is 5.58 Å².